The van der Waals surface area contributed by atoms with Gasteiger partial charge in [-0.3, -0.25) is 0 Å². The standard InChI is InChI=1S/C10H5F2NS/c1-3-6-7(11)4-8-10(9(6)12)13-5(2)14-8/h1,4H,2H3. The molecule has 2 rings (SSSR count). The van der Waals surface area contributed by atoms with Gasteiger partial charge in [-0.25, -0.2) is 13.8 Å². The molecule has 0 fully saturated rings. The van der Waals surface area contributed by atoms with Gasteiger partial charge in [0.25, 0.3) is 0 Å². The number of rotatable bonds is 0. The minimum atomic E-state index is -0.744. The summed E-state index contributed by atoms with van der Waals surface area (Å²) in [5.74, 6) is 0.529. The molecular weight excluding hydrogens is 204 g/mol. The van der Waals surface area contributed by atoms with Gasteiger partial charge in [0.1, 0.15) is 11.3 Å². The Balaban J connectivity index is 2.93. The van der Waals surface area contributed by atoms with E-state index in [1.807, 2.05) is 5.92 Å². The van der Waals surface area contributed by atoms with Crippen molar-refractivity contribution in [2.45, 2.75) is 6.92 Å². The third-order valence-electron chi connectivity index (χ3n) is 1.83. The van der Waals surface area contributed by atoms with Crippen molar-refractivity contribution in [2.75, 3.05) is 0 Å². The van der Waals surface area contributed by atoms with Crippen molar-refractivity contribution < 1.29 is 8.78 Å². The number of hydrogen-bond acceptors (Lipinski definition) is 2. The average molecular weight is 209 g/mol. The Labute approximate surface area is 83.4 Å². The first-order chi connectivity index (χ1) is 6.63. The van der Waals surface area contributed by atoms with Crippen molar-refractivity contribution in [3.8, 4) is 12.3 Å². The van der Waals surface area contributed by atoms with Crippen molar-refractivity contribution in [3.05, 3.63) is 28.3 Å². The lowest BCUT2D eigenvalue weighted by molar-refractivity contribution is 0.585. The van der Waals surface area contributed by atoms with Crippen molar-refractivity contribution in [2.24, 2.45) is 0 Å². The summed E-state index contributed by atoms with van der Waals surface area (Å²) in [6.45, 7) is 1.73. The van der Waals surface area contributed by atoms with Crippen LogP contribution in [0.2, 0.25) is 0 Å². The Hall–Kier alpha value is -1.47. The predicted octanol–water partition coefficient (Wildman–Crippen LogP) is 2.86. The third-order valence-corrected chi connectivity index (χ3v) is 2.75. The largest absolute Gasteiger partial charge is 0.238 e. The van der Waals surface area contributed by atoms with Crippen LogP contribution in [0.3, 0.4) is 0 Å². The van der Waals surface area contributed by atoms with Crippen LogP contribution in [0, 0.1) is 30.9 Å². The van der Waals surface area contributed by atoms with Crippen LogP contribution in [0.5, 0.6) is 0 Å². The number of benzene rings is 1. The molecule has 0 aliphatic carbocycles. The maximum atomic E-state index is 13.5. The van der Waals surface area contributed by atoms with Gasteiger partial charge in [-0.05, 0) is 13.0 Å². The van der Waals surface area contributed by atoms with Crippen LogP contribution in [-0.2, 0) is 0 Å². The summed E-state index contributed by atoms with van der Waals surface area (Å²) >= 11 is 1.24. The summed E-state index contributed by atoms with van der Waals surface area (Å²) in [5, 5.41) is 0.687. The smallest absolute Gasteiger partial charge is 0.168 e. The fourth-order valence-corrected chi connectivity index (χ4v) is 2.09. The number of nitrogens with zero attached hydrogens (tertiary/aromatic N) is 1. The van der Waals surface area contributed by atoms with Gasteiger partial charge < -0.3 is 0 Å². The fraction of sp³-hybridized carbons (Fsp3) is 0.100. The lowest BCUT2D eigenvalue weighted by Crippen LogP contribution is -1.90. The molecule has 0 saturated carbocycles. The van der Waals surface area contributed by atoms with E-state index in [1.165, 1.54) is 17.4 Å². The molecule has 0 aliphatic heterocycles. The zero-order valence-corrected chi connectivity index (χ0v) is 8.08. The third kappa shape index (κ3) is 1.17. The highest BCUT2D eigenvalue weighted by atomic mass is 32.1. The van der Waals surface area contributed by atoms with E-state index in [2.05, 4.69) is 4.98 Å². The number of aryl methyl sites for hydroxylation is 1. The molecule has 2 aromatic rings. The lowest BCUT2D eigenvalue weighted by atomic mass is 10.2. The molecule has 4 heteroatoms. The molecule has 0 bridgehead atoms. The summed E-state index contributed by atoms with van der Waals surface area (Å²) in [6.07, 6.45) is 4.99. The summed E-state index contributed by atoms with van der Waals surface area (Å²) in [4.78, 5) is 3.94. The predicted molar refractivity (Wildman–Crippen MR) is 52.2 cm³/mol. The molecule has 0 saturated heterocycles. The van der Waals surface area contributed by atoms with Crippen LogP contribution >= 0.6 is 11.3 Å². The van der Waals surface area contributed by atoms with E-state index in [9.17, 15) is 8.78 Å². The number of terminal acetylenes is 1. The quantitative estimate of drug-likeness (QED) is 0.608. The Bertz CT molecular complexity index is 551. The molecule has 14 heavy (non-hydrogen) atoms. The topological polar surface area (TPSA) is 12.9 Å². The molecular formula is C10H5F2NS. The van der Waals surface area contributed by atoms with E-state index in [4.69, 9.17) is 6.42 Å². The second kappa shape index (κ2) is 3.03. The number of hydrogen-bond donors (Lipinski definition) is 0. The van der Waals surface area contributed by atoms with Crippen molar-refractivity contribution >= 4 is 21.6 Å². The maximum absolute atomic E-state index is 13.5. The Kier molecular flexibility index (Phi) is 1.97. The summed E-state index contributed by atoms with van der Waals surface area (Å²) in [5.41, 5.74) is -0.190. The molecule has 1 aromatic carbocycles. The van der Waals surface area contributed by atoms with E-state index in [1.54, 1.807) is 6.92 Å². The van der Waals surface area contributed by atoms with Crippen LogP contribution in [0.15, 0.2) is 6.07 Å². The second-order valence-electron chi connectivity index (χ2n) is 2.77. The zero-order chi connectivity index (χ0) is 10.3. The van der Waals surface area contributed by atoms with Crippen LogP contribution < -0.4 is 0 Å². The van der Waals surface area contributed by atoms with E-state index in [-0.39, 0.29) is 11.1 Å². The minimum Gasteiger partial charge on any atom is -0.238 e. The molecule has 0 aliphatic rings. The van der Waals surface area contributed by atoms with Crippen LogP contribution in [-0.4, -0.2) is 4.98 Å². The first-order valence-corrected chi connectivity index (χ1v) is 4.67. The summed E-state index contributed by atoms with van der Waals surface area (Å²) in [6, 6.07) is 1.22. The number of halogens is 2. The molecule has 70 valence electrons. The van der Waals surface area contributed by atoms with Crippen LogP contribution in [0.1, 0.15) is 10.6 Å². The normalized spacial score (nSPS) is 10.4. The Morgan fingerprint density at radius 1 is 1.50 bits per heavy atom. The molecule has 0 unspecified atom stereocenters. The number of aromatic nitrogens is 1. The van der Waals surface area contributed by atoms with Gasteiger partial charge in [0.15, 0.2) is 5.82 Å². The highest BCUT2D eigenvalue weighted by Crippen LogP contribution is 2.27. The van der Waals surface area contributed by atoms with E-state index >= 15 is 0 Å². The highest BCUT2D eigenvalue weighted by molar-refractivity contribution is 7.18. The highest BCUT2D eigenvalue weighted by Gasteiger charge is 2.14. The minimum absolute atomic E-state index is 0.154. The zero-order valence-electron chi connectivity index (χ0n) is 7.27. The molecule has 1 aromatic heterocycles. The molecule has 1 heterocycles. The Morgan fingerprint density at radius 3 is 2.86 bits per heavy atom. The van der Waals surface area contributed by atoms with Gasteiger partial charge in [-0.1, -0.05) is 5.92 Å². The van der Waals surface area contributed by atoms with Gasteiger partial charge >= 0.3 is 0 Å². The van der Waals surface area contributed by atoms with Gasteiger partial charge in [-0.2, -0.15) is 0 Å². The molecule has 0 N–H and O–H groups in total. The first-order valence-electron chi connectivity index (χ1n) is 3.85. The van der Waals surface area contributed by atoms with E-state index in [0.717, 1.165) is 0 Å². The summed E-state index contributed by atoms with van der Waals surface area (Å²) in [7, 11) is 0. The monoisotopic (exact) mass is 209 g/mol. The second-order valence-corrected chi connectivity index (χ2v) is 4.01. The molecule has 0 radical (unpaired) electrons. The van der Waals surface area contributed by atoms with E-state index in [0.29, 0.717) is 9.71 Å². The molecule has 0 amide bonds. The summed E-state index contributed by atoms with van der Waals surface area (Å²) < 4.78 is 27.2. The molecule has 1 nitrogen and oxygen atoms in total. The SMILES string of the molecule is C#Cc1c(F)cc2sc(C)nc2c1F. The van der Waals surface area contributed by atoms with Gasteiger partial charge in [0.05, 0.1) is 15.3 Å². The number of thiazole rings is 1. The molecule has 0 spiro atoms. The first kappa shape index (κ1) is 9.10. The van der Waals surface area contributed by atoms with E-state index < -0.39 is 11.6 Å². The van der Waals surface area contributed by atoms with Gasteiger partial charge in [0, 0.05) is 0 Å². The van der Waals surface area contributed by atoms with Crippen molar-refractivity contribution in [1.82, 2.24) is 4.98 Å². The maximum Gasteiger partial charge on any atom is 0.168 e. The number of fused-ring (bicyclic) bond motifs is 1. The van der Waals surface area contributed by atoms with Crippen LogP contribution in [0.25, 0.3) is 10.2 Å². The van der Waals surface area contributed by atoms with Crippen molar-refractivity contribution in [3.63, 3.8) is 0 Å². The van der Waals surface area contributed by atoms with Crippen molar-refractivity contribution in [1.29, 1.82) is 0 Å². The van der Waals surface area contributed by atoms with Crippen LogP contribution in [0.4, 0.5) is 8.78 Å². The fourth-order valence-electron chi connectivity index (χ4n) is 1.24. The lowest BCUT2D eigenvalue weighted by Gasteiger charge is -1.97. The van der Waals surface area contributed by atoms with Gasteiger partial charge in [-0.15, -0.1) is 17.8 Å². The molecule has 0 atom stereocenters. The Morgan fingerprint density at radius 2 is 2.21 bits per heavy atom. The van der Waals surface area contributed by atoms with Gasteiger partial charge in [0.2, 0.25) is 0 Å². The average Bonchev–Trinajstić information content (AvgIpc) is 2.47.